The Hall–Kier alpha value is -3.46. The second-order valence-electron chi connectivity index (χ2n) is 5.22. The molecule has 2 aromatic carbocycles. The zero-order valence-corrected chi connectivity index (χ0v) is 14.0. The number of primary amides is 1. The molecule has 2 amide bonds. The number of carbonyl (C=O) groups excluding carboxylic acids is 2. The van der Waals surface area contributed by atoms with Gasteiger partial charge in [0.1, 0.15) is 0 Å². The summed E-state index contributed by atoms with van der Waals surface area (Å²) in [5.74, 6) is -0.997. The van der Waals surface area contributed by atoms with Crippen LogP contribution in [0.2, 0.25) is 0 Å². The summed E-state index contributed by atoms with van der Waals surface area (Å²) < 4.78 is 0. The van der Waals surface area contributed by atoms with Crippen molar-refractivity contribution in [1.82, 2.24) is 5.32 Å². The van der Waals surface area contributed by atoms with E-state index in [1.165, 1.54) is 18.2 Å². The van der Waals surface area contributed by atoms with Gasteiger partial charge in [-0.25, -0.2) is 4.99 Å². The number of para-hydroxylation sites is 1. The Balaban J connectivity index is 1.89. The van der Waals surface area contributed by atoms with Gasteiger partial charge in [-0.05, 0) is 35.5 Å². The third-order valence-corrected chi connectivity index (χ3v) is 4.33. The molecule has 0 saturated carbocycles. The van der Waals surface area contributed by atoms with Crippen molar-refractivity contribution >= 4 is 46.2 Å². The summed E-state index contributed by atoms with van der Waals surface area (Å²) in [6, 6.07) is 12.5. The van der Waals surface area contributed by atoms with Crippen molar-refractivity contribution in [2.45, 2.75) is 0 Å². The molecule has 1 aliphatic heterocycles. The maximum Gasteiger partial charge on any atom is 0.270 e. The first-order valence-corrected chi connectivity index (χ1v) is 8.18. The van der Waals surface area contributed by atoms with Crippen LogP contribution >= 0.6 is 11.8 Å². The minimum absolute atomic E-state index is 0.0629. The molecule has 1 aliphatic rings. The van der Waals surface area contributed by atoms with Crippen LogP contribution in [0, 0.1) is 10.1 Å². The number of amidine groups is 1. The Morgan fingerprint density at radius 2 is 2.00 bits per heavy atom. The molecular weight excluding hydrogens is 356 g/mol. The van der Waals surface area contributed by atoms with Crippen molar-refractivity contribution in [2.24, 2.45) is 10.7 Å². The molecule has 0 unspecified atom stereocenters. The van der Waals surface area contributed by atoms with E-state index in [0.29, 0.717) is 21.3 Å². The molecule has 130 valence electrons. The van der Waals surface area contributed by atoms with Gasteiger partial charge in [0.2, 0.25) is 0 Å². The number of rotatable bonds is 4. The molecule has 0 spiro atoms. The van der Waals surface area contributed by atoms with Gasteiger partial charge < -0.3 is 11.1 Å². The lowest BCUT2D eigenvalue weighted by Gasteiger charge is -2.01. The van der Waals surface area contributed by atoms with Crippen LogP contribution in [0.15, 0.2) is 58.4 Å². The van der Waals surface area contributed by atoms with Gasteiger partial charge in [-0.1, -0.05) is 24.3 Å². The van der Waals surface area contributed by atoms with Gasteiger partial charge in [0.05, 0.1) is 21.1 Å². The summed E-state index contributed by atoms with van der Waals surface area (Å²) in [7, 11) is 0. The molecule has 26 heavy (non-hydrogen) atoms. The number of aliphatic imine (C=N–C) groups is 1. The fraction of sp³-hybridized carbons (Fsp3) is 0. The van der Waals surface area contributed by atoms with Crippen LogP contribution in [0.1, 0.15) is 15.9 Å². The van der Waals surface area contributed by atoms with Gasteiger partial charge in [0.25, 0.3) is 17.5 Å². The highest BCUT2D eigenvalue weighted by Gasteiger charge is 2.24. The van der Waals surface area contributed by atoms with Gasteiger partial charge >= 0.3 is 0 Å². The third-order valence-electron chi connectivity index (χ3n) is 3.42. The summed E-state index contributed by atoms with van der Waals surface area (Å²) >= 11 is 1.07. The summed E-state index contributed by atoms with van der Waals surface area (Å²) in [4.78, 5) is 38.5. The van der Waals surface area contributed by atoms with Crippen LogP contribution < -0.4 is 11.1 Å². The zero-order chi connectivity index (χ0) is 18.7. The van der Waals surface area contributed by atoms with Gasteiger partial charge in [-0.15, -0.1) is 0 Å². The topological polar surface area (TPSA) is 128 Å². The Morgan fingerprint density at radius 1 is 1.23 bits per heavy atom. The summed E-state index contributed by atoms with van der Waals surface area (Å²) in [5, 5.41) is 13.7. The molecule has 2 aromatic rings. The van der Waals surface area contributed by atoms with E-state index in [4.69, 9.17) is 5.73 Å². The van der Waals surface area contributed by atoms with Crippen molar-refractivity contribution in [1.29, 1.82) is 0 Å². The van der Waals surface area contributed by atoms with Crippen molar-refractivity contribution in [3.05, 3.63) is 74.7 Å². The van der Waals surface area contributed by atoms with E-state index < -0.39 is 10.8 Å². The number of non-ortho nitro benzene ring substituents is 1. The number of hydrogen-bond acceptors (Lipinski definition) is 6. The number of nitrogens with two attached hydrogens (primary N) is 1. The highest BCUT2D eigenvalue weighted by molar-refractivity contribution is 8.18. The van der Waals surface area contributed by atoms with E-state index >= 15 is 0 Å². The molecule has 0 aliphatic carbocycles. The lowest BCUT2D eigenvalue weighted by Crippen LogP contribution is -2.19. The molecule has 1 saturated heterocycles. The number of carbonyl (C=O) groups is 2. The van der Waals surface area contributed by atoms with Crippen molar-refractivity contribution in [2.75, 3.05) is 0 Å². The van der Waals surface area contributed by atoms with E-state index in [2.05, 4.69) is 10.3 Å². The average molecular weight is 368 g/mol. The highest BCUT2D eigenvalue weighted by atomic mass is 32.2. The van der Waals surface area contributed by atoms with E-state index in [9.17, 15) is 19.7 Å². The smallest absolute Gasteiger partial charge is 0.270 e. The number of nitro groups is 1. The van der Waals surface area contributed by atoms with Crippen molar-refractivity contribution < 1.29 is 14.5 Å². The number of hydrogen-bond donors (Lipinski definition) is 2. The minimum atomic E-state index is -0.619. The van der Waals surface area contributed by atoms with Gasteiger partial charge in [0, 0.05) is 12.1 Å². The van der Waals surface area contributed by atoms with Gasteiger partial charge in [-0.2, -0.15) is 0 Å². The van der Waals surface area contributed by atoms with Crippen LogP contribution in [0.3, 0.4) is 0 Å². The summed E-state index contributed by atoms with van der Waals surface area (Å²) in [6.07, 6.45) is 1.54. The molecule has 0 bridgehead atoms. The first-order chi connectivity index (χ1) is 12.4. The molecule has 0 aromatic heterocycles. The molecule has 1 heterocycles. The molecule has 1 fully saturated rings. The quantitative estimate of drug-likeness (QED) is 0.487. The van der Waals surface area contributed by atoms with Crippen LogP contribution in [0.5, 0.6) is 0 Å². The van der Waals surface area contributed by atoms with Crippen LogP contribution in [-0.4, -0.2) is 21.9 Å². The maximum absolute atomic E-state index is 12.1. The lowest BCUT2D eigenvalue weighted by molar-refractivity contribution is -0.384. The Bertz CT molecular complexity index is 984. The normalized spacial score (nSPS) is 16.7. The predicted octanol–water partition coefficient (Wildman–Crippen LogP) is 2.59. The summed E-state index contributed by atoms with van der Waals surface area (Å²) in [5.41, 5.74) is 6.36. The minimum Gasteiger partial charge on any atom is -0.366 e. The second-order valence-corrected chi connectivity index (χ2v) is 6.25. The van der Waals surface area contributed by atoms with Crippen molar-refractivity contribution in [3.8, 4) is 0 Å². The monoisotopic (exact) mass is 368 g/mol. The fourth-order valence-electron chi connectivity index (χ4n) is 2.25. The number of nitrogens with one attached hydrogen (secondary N) is 1. The number of thioether (sulfide) groups is 1. The average Bonchev–Trinajstić information content (AvgIpc) is 2.94. The van der Waals surface area contributed by atoms with Gasteiger partial charge in [-0.3, -0.25) is 19.7 Å². The van der Waals surface area contributed by atoms with Crippen LogP contribution in [-0.2, 0) is 4.79 Å². The second kappa shape index (κ2) is 7.19. The molecule has 8 nitrogen and oxygen atoms in total. The maximum atomic E-state index is 12.1. The zero-order valence-electron chi connectivity index (χ0n) is 13.2. The molecule has 9 heteroatoms. The predicted molar refractivity (Wildman–Crippen MR) is 98.9 cm³/mol. The van der Waals surface area contributed by atoms with E-state index in [0.717, 1.165) is 11.8 Å². The first-order valence-electron chi connectivity index (χ1n) is 7.37. The lowest BCUT2D eigenvalue weighted by atomic mass is 10.2. The Morgan fingerprint density at radius 3 is 2.73 bits per heavy atom. The van der Waals surface area contributed by atoms with E-state index in [-0.39, 0.29) is 17.2 Å². The van der Waals surface area contributed by atoms with Crippen molar-refractivity contribution in [3.63, 3.8) is 0 Å². The molecule has 3 rings (SSSR count). The SMILES string of the molecule is NC(=O)c1ccccc1N=C1NC(=O)/C(=C/c2cccc([N+](=O)[O-])c2)S1. The number of amides is 2. The number of benzene rings is 2. The molecule has 0 atom stereocenters. The van der Waals surface area contributed by atoms with Crippen LogP contribution in [0.25, 0.3) is 6.08 Å². The number of nitro benzene ring substituents is 1. The van der Waals surface area contributed by atoms with Gasteiger partial charge in [0.15, 0.2) is 5.17 Å². The van der Waals surface area contributed by atoms with E-state index in [1.54, 1.807) is 36.4 Å². The highest BCUT2D eigenvalue weighted by Crippen LogP contribution is 2.29. The molecular formula is C17H12N4O4S. The fourth-order valence-corrected chi connectivity index (χ4v) is 3.08. The first kappa shape index (κ1) is 17.4. The Kier molecular flexibility index (Phi) is 4.81. The summed E-state index contributed by atoms with van der Waals surface area (Å²) in [6.45, 7) is 0. The molecule has 0 radical (unpaired) electrons. The largest absolute Gasteiger partial charge is 0.366 e. The third kappa shape index (κ3) is 3.78. The van der Waals surface area contributed by atoms with Crippen LogP contribution in [0.4, 0.5) is 11.4 Å². The molecule has 3 N–H and O–H groups in total. The standard InChI is InChI=1S/C17H12N4O4S/c18-15(22)12-6-1-2-7-13(12)19-17-20-16(23)14(26-17)9-10-4-3-5-11(8-10)21(24)25/h1-9H,(H2,18,22)(H,19,20,23)/b14-9-. The Labute approximate surface area is 152 Å². The van der Waals surface area contributed by atoms with E-state index in [1.807, 2.05) is 0 Å². The number of nitrogens with zero attached hydrogens (tertiary/aromatic N) is 2.